The van der Waals surface area contributed by atoms with Gasteiger partial charge in [-0.05, 0) is 29.1 Å². The maximum atomic E-state index is 12.9. The van der Waals surface area contributed by atoms with Gasteiger partial charge in [-0.1, -0.05) is 18.2 Å². The zero-order valence-corrected chi connectivity index (χ0v) is 18.8. The van der Waals surface area contributed by atoms with Crippen molar-refractivity contribution in [3.63, 3.8) is 0 Å². The molecule has 0 aliphatic carbocycles. The predicted molar refractivity (Wildman–Crippen MR) is 122 cm³/mol. The van der Waals surface area contributed by atoms with E-state index in [-0.39, 0.29) is 30.4 Å². The van der Waals surface area contributed by atoms with Crippen LogP contribution in [0.25, 0.3) is 0 Å². The van der Waals surface area contributed by atoms with Crippen LogP contribution in [0, 0.1) is 0 Å². The van der Waals surface area contributed by atoms with Gasteiger partial charge in [-0.15, -0.1) is 11.3 Å². The molecule has 10 heteroatoms. The van der Waals surface area contributed by atoms with E-state index in [2.05, 4.69) is 5.32 Å². The minimum absolute atomic E-state index is 0.0702. The number of nitrogens with one attached hydrogen (secondary N) is 1. The van der Waals surface area contributed by atoms with Crippen LogP contribution in [0.2, 0.25) is 0 Å². The fraction of sp³-hybridized carbons (Fsp3) is 0.174. The fourth-order valence-electron chi connectivity index (χ4n) is 2.85. The molecule has 9 nitrogen and oxygen atoms in total. The van der Waals surface area contributed by atoms with Crippen molar-refractivity contribution in [2.75, 3.05) is 26.1 Å². The van der Waals surface area contributed by atoms with Gasteiger partial charge >= 0.3 is 5.97 Å². The number of ether oxygens (including phenoxy) is 4. The van der Waals surface area contributed by atoms with E-state index in [9.17, 15) is 14.4 Å². The summed E-state index contributed by atoms with van der Waals surface area (Å²) in [5.41, 5.74) is 6.03. The lowest BCUT2D eigenvalue weighted by Crippen LogP contribution is -2.20. The van der Waals surface area contributed by atoms with Crippen LogP contribution in [0.4, 0.5) is 5.69 Å². The van der Waals surface area contributed by atoms with Gasteiger partial charge < -0.3 is 30.0 Å². The minimum atomic E-state index is -0.680. The first-order chi connectivity index (χ1) is 15.9. The average molecular weight is 471 g/mol. The lowest BCUT2D eigenvalue weighted by Gasteiger charge is -2.15. The van der Waals surface area contributed by atoms with Gasteiger partial charge in [0, 0.05) is 12.1 Å². The zero-order chi connectivity index (χ0) is 23.8. The third-order valence-electron chi connectivity index (χ3n) is 4.39. The summed E-state index contributed by atoms with van der Waals surface area (Å²) in [6.07, 6.45) is 0. The Morgan fingerprint density at radius 2 is 1.76 bits per heavy atom. The topological polar surface area (TPSA) is 126 Å². The molecular formula is C23H22N2O7S. The van der Waals surface area contributed by atoms with Gasteiger partial charge in [-0.3, -0.25) is 9.59 Å². The Labute approximate surface area is 194 Å². The summed E-state index contributed by atoms with van der Waals surface area (Å²) in [4.78, 5) is 36.8. The lowest BCUT2D eigenvalue weighted by atomic mass is 10.1. The van der Waals surface area contributed by atoms with Gasteiger partial charge in [-0.2, -0.15) is 0 Å². The molecule has 172 valence electrons. The van der Waals surface area contributed by atoms with Crippen LogP contribution < -0.4 is 25.3 Å². The van der Waals surface area contributed by atoms with E-state index in [0.717, 1.165) is 0 Å². The van der Waals surface area contributed by atoms with E-state index in [4.69, 9.17) is 24.7 Å². The molecule has 2 amide bonds. The molecule has 0 spiro atoms. The molecule has 0 aliphatic heterocycles. The number of hydrogen-bond donors (Lipinski definition) is 2. The highest BCUT2D eigenvalue weighted by atomic mass is 32.1. The third-order valence-corrected chi connectivity index (χ3v) is 5.25. The highest BCUT2D eigenvalue weighted by molar-refractivity contribution is 7.12. The molecule has 33 heavy (non-hydrogen) atoms. The van der Waals surface area contributed by atoms with Crippen molar-refractivity contribution in [3.05, 3.63) is 69.9 Å². The molecule has 2 aromatic carbocycles. The molecule has 0 saturated heterocycles. The minimum Gasteiger partial charge on any atom is -0.493 e. The van der Waals surface area contributed by atoms with Gasteiger partial charge in [0.25, 0.3) is 11.8 Å². The van der Waals surface area contributed by atoms with Crippen molar-refractivity contribution < 1.29 is 33.3 Å². The molecular weight excluding hydrogens is 448 g/mol. The quantitative estimate of drug-likeness (QED) is 0.436. The number of primary amides is 1. The van der Waals surface area contributed by atoms with Crippen molar-refractivity contribution >= 4 is 34.8 Å². The molecule has 0 fully saturated rings. The average Bonchev–Trinajstić information content (AvgIpc) is 3.36. The first kappa shape index (κ1) is 23.6. The van der Waals surface area contributed by atoms with Crippen LogP contribution in [0.3, 0.4) is 0 Å². The molecule has 0 unspecified atom stereocenters. The van der Waals surface area contributed by atoms with E-state index in [1.54, 1.807) is 41.8 Å². The first-order valence-electron chi connectivity index (χ1n) is 9.69. The van der Waals surface area contributed by atoms with Crippen LogP contribution in [-0.4, -0.2) is 38.6 Å². The Morgan fingerprint density at radius 1 is 1.00 bits per heavy atom. The highest BCUT2D eigenvalue weighted by Gasteiger charge is 2.21. The number of esters is 1. The standard InChI is InChI=1S/C23H22N2O7S/c1-29-18-10-16(17(11-19(18)30-2)25-22(27)20-7-4-8-33-20)23(28)32-12-14-5-3-6-15(9-14)31-13-21(24)26/h3-11H,12-13H2,1-2H3,(H2,24,26)(H,25,27). The normalized spacial score (nSPS) is 10.2. The Kier molecular flexibility index (Phi) is 7.87. The van der Waals surface area contributed by atoms with E-state index in [1.165, 1.54) is 37.7 Å². The molecule has 0 aliphatic rings. The number of rotatable bonds is 10. The van der Waals surface area contributed by atoms with Crippen molar-refractivity contribution in [2.45, 2.75) is 6.61 Å². The molecule has 3 N–H and O–H groups in total. The number of carbonyl (C=O) groups excluding carboxylic acids is 3. The third kappa shape index (κ3) is 6.23. The molecule has 0 saturated carbocycles. The summed E-state index contributed by atoms with van der Waals surface area (Å²) in [6, 6.07) is 13.1. The van der Waals surface area contributed by atoms with Crippen molar-refractivity contribution in [1.29, 1.82) is 0 Å². The summed E-state index contributed by atoms with van der Waals surface area (Å²) in [5, 5.41) is 4.50. The summed E-state index contributed by atoms with van der Waals surface area (Å²) < 4.78 is 21.3. The molecule has 0 radical (unpaired) electrons. The Hall–Kier alpha value is -4.05. The van der Waals surface area contributed by atoms with Crippen LogP contribution in [0.5, 0.6) is 17.2 Å². The number of anilines is 1. The number of hydrogen-bond acceptors (Lipinski definition) is 8. The molecule has 1 heterocycles. The Bertz CT molecular complexity index is 1150. The number of methoxy groups -OCH3 is 2. The largest absolute Gasteiger partial charge is 0.493 e. The summed E-state index contributed by atoms with van der Waals surface area (Å²) in [6.45, 7) is -0.332. The van der Waals surface area contributed by atoms with Crippen molar-refractivity contribution in [3.8, 4) is 17.2 Å². The van der Waals surface area contributed by atoms with Gasteiger partial charge in [-0.25, -0.2) is 4.79 Å². The molecule has 3 rings (SSSR count). The molecule has 3 aromatic rings. The summed E-state index contributed by atoms with van der Waals surface area (Å²) in [7, 11) is 2.89. The highest BCUT2D eigenvalue weighted by Crippen LogP contribution is 2.34. The molecule has 0 bridgehead atoms. The van der Waals surface area contributed by atoms with E-state index >= 15 is 0 Å². The maximum absolute atomic E-state index is 12.9. The number of nitrogens with two attached hydrogens (primary N) is 1. The number of amides is 2. The lowest BCUT2D eigenvalue weighted by molar-refractivity contribution is -0.119. The van der Waals surface area contributed by atoms with Crippen molar-refractivity contribution in [2.24, 2.45) is 5.73 Å². The smallest absolute Gasteiger partial charge is 0.340 e. The predicted octanol–water partition coefficient (Wildman–Crippen LogP) is 3.24. The Balaban J connectivity index is 1.80. The Morgan fingerprint density at radius 3 is 2.42 bits per heavy atom. The van der Waals surface area contributed by atoms with Crippen LogP contribution in [0.1, 0.15) is 25.6 Å². The second-order valence-corrected chi connectivity index (χ2v) is 7.61. The van der Waals surface area contributed by atoms with E-state index < -0.39 is 11.9 Å². The molecule has 0 atom stereocenters. The fourth-order valence-corrected chi connectivity index (χ4v) is 3.47. The second-order valence-electron chi connectivity index (χ2n) is 6.66. The van der Waals surface area contributed by atoms with Gasteiger partial charge in [0.2, 0.25) is 0 Å². The second kappa shape index (κ2) is 11.0. The van der Waals surface area contributed by atoms with Crippen LogP contribution in [0.15, 0.2) is 53.9 Å². The summed E-state index contributed by atoms with van der Waals surface area (Å²) >= 11 is 1.27. The summed E-state index contributed by atoms with van der Waals surface area (Å²) in [5.74, 6) is -0.587. The zero-order valence-electron chi connectivity index (χ0n) is 18.0. The number of thiophene rings is 1. The van der Waals surface area contributed by atoms with E-state index in [1.807, 2.05) is 0 Å². The van der Waals surface area contributed by atoms with Crippen molar-refractivity contribution in [1.82, 2.24) is 0 Å². The SMILES string of the molecule is COc1cc(NC(=O)c2cccs2)c(C(=O)OCc2cccc(OCC(N)=O)c2)cc1OC. The number of carbonyl (C=O) groups is 3. The first-order valence-corrected chi connectivity index (χ1v) is 10.6. The maximum Gasteiger partial charge on any atom is 0.340 e. The van der Waals surface area contributed by atoms with E-state index in [0.29, 0.717) is 27.7 Å². The van der Waals surface area contributed by atoms with Gasteiger partial charge in [0.1, 0.15) is 12.4 Å². The molecule has 1 aromatic heterocycles. The van der Waals surface area contributed by atoms with Gasteiger partial charge in [0.05, 0.1) is 30.3 Å². The van der Waals surface area contributed by atoms with Crippen LogP contribution >= 0.6 is 11.3 Å². The monoisotopic (exact) mass is 470 g/mol. The van der Waals surface area contributed by atoms with Gasteiger partial charge in [0.15, 0.2) is 18.1 Å². The van der Waals surface area contributed by atoms with Crippen LogP contribution in [-0.2, 0) is 16.1 Å². The number of benzene rings is 2.